The van der Waals surface area contributed by atoms with Gasteiger partial charge in [0.25, 0.3) is 0 Å². The normalized spacial score (nSPS) is 17.9. The van der Waals surface area contributed by atoms with Gasteiger partial charge < -0.3 is 19.7 Å². The van der Waals surface area contributed by atoms with Crippen LogP contribution in [0.1, 0.15) is 27.7 Å². The smallest absolute Gasteiger partial charge is 0.142 e. The number of nitrogens with one attached hydrogen (secondary N) is 1. The Balaban J connectivity index is 2.28. The van der Waals surface area contributed by atoms with E-state index in [-0.39, 0.29) is 5.54 Å². The van der Waals surface area contributed by atoms with Crippen molar-refractivity contribution in [2.24, 2.45) is 0 Å². The molecule has 1 aliphatic heterocycles. The fourth-order valence-corrected chi connectivity index (χ4v) is 2.63. The highest BCUT2D eigenvalue weighted by atomic mass is 16.5. The van der Waals surface area contributed by atoms with Gasteiger partial charge in [-0.2, -0.15) is 0 Å². The number of hydrogen-bond acceptors (Lipinski definition) is 4. The second-order valence-corrected chi connectivity index (χ2v) is 5.73. The summed E-state index contributed by atoms with van der Waals surface area (Å²) in [7, 11) is 0. The molecular weight excluding hydrogens is 252 g/mol. The summed E-state index contributed by atoms with van der Waals surface area (Å²) >= 11 is 0. The fourth-order valence-electron chi connectivity index (χ4n) is 2.63. The van der Waals surface area contributed by atoms with Crippen molar-refractivity contribution in [3.8, 4) is 11.5 Å². The van der Waals surface area contributed by atoms with Crippen LogP contribution in [0.3, 0.4) is 0 Å². The minimum absolute atomic E-state index is 0.114. The maximum Gasteiger partial charge on any atom is 0.142 e. The standard InChI is InChI=1S/C16H26N2O2/c1-5-19-13-7-8-15(20-6-2)14(11-13)18-10-9-17-16(3,4)12-18/h7-8,11,17H,5-6,9-10,12H2,1-4H3. The molecule has 4 heteroatoms. The second kappa shape index (κ2) is 6.35. The summed E-state index contributed by atoms with van der Waals surface area (Å²) < 4.78 is 11.4. The summed E-state index contributed by atoms with van der Waals surface area (Å²) in [6.07, 6.45) is 0. The molecule has 0 saturated carbocycles. The van der Waals surface area contributed by atoms with Gasteiger partial charge in [-0.05, 0) is 39.8 Å². The number of anilines is 1. The topological polar surface area (TPSA) is 33.7 Å². The quantitative estimate of drug-likeness (QED) is 0.898. The summed E-state index contributed by atoms with van der Waals surface area (Å²) in [4.78, 5) is 2.38. The molecule has 0 spiro atoms. The summed E-state index contributed by atoms with van der Waals surface area (Å²) in [5, 5.41) is 3.54. The van der Waals surface area contributed by atoms with Crippen molar-refractivity contribution in [1.82, 2.24) is 5.32 Å². The molecule has 0 amide bonds. The van der Waals surface area contributed by atoms with Crippen molar-refractivity contribution in [2.45, 2.75) is 33.2 Å². The van der Waals surface area contributed by atoms with Gasteiger partial charge in [0, 0.05) is 31.2 Å². The van der Waals surface area contributed by atoms with E-state index in [1.807, 2.05) is 26.0 Å². The van der Waals surface area contributed by atoms with Gasteiger partial charge in [-0.3, -0.25) is 0 Å². The average Bonchev–Trinajstić information content (AvgIpc) is 2.40. The molecule has 0 atom stereocenters. The molecule has 1 aromatic rings. The van der Waals surface area contributed by atoms with Crippen LogP contribution in [0.15, 0.2) is 18.2 Å². The van der Waals surface area contributed by atoms with Crippen LogP contribution in [0.5, 0.6) is 11.5 Å². The Hall–Kier alpha value is -1.42. The van der Waals surface area contributed by atoms with Crippen molar-refractivity contribution in [3.63, 3.8) is 0 Å². The molecule has 1 aliphatic rings. The van der Waals surface area contributed by atoms with Crippen molar-refractivity contribution < 1.29 is 9.47 Å². The molecule has 20 heavy (non-hydrogen) atoms. The van der Waals surface area contributed by atoms with Crippen molar-refractivity contribution in [2.75, 3.05) is 37.7 Å². The van der Waals surface area contributed by atoms with Crippen LogP contribution in [0, 0.1) is 0 Å². The molecule has 0 aromatic heterocycles. The van der Waals surface area contributed by atoms with Crippen molar-refractivity contribution >= 4 is 5.69 Å². The molecule has 4 nitrogen and oxygen atoms in total. The number of ether oxygens (including phenoxy) is 2. The SMILES string of the molecule is CCOc1ccc(OCC)c(N2CCNC(C)(C)C2)c1. The van der Waals surface area contributed by atoms with E-state index in [0.717, 1.165) is 36.8 Å². The molecule has 1 heterocycles. The zero-order valence-corrected chi connectivity index (χ0v) is 13.0. The maximum atomic E-state index is 5.77. The minimum atomic E-state index is 0.114. The Bertz CT molecular complexity index is 446. The fraction of sp³-hybridized carbons (Fsp3) is 0.625. The lowest BCUT2D eigenvalue weighted by atomic mass is 10.0. The maximum absolute atomic E-state index is 5.77. The highest BCUT2D eigenvalue weighted by Gasteiger charge is 2.27. The lowest BCUT2D eigenvalue weighted by Crippen LogP contribution is -2.57. The van der Waals surface area contributed by atoms with Crippen LogP contribution in [0.25, 0.3) is 0 Å². The number of nitrogens with zero attached hydrogens (tertiary/aromatic N) is 1. The van der Waals surface area contributed by atoms with E-state index < -0.39 is 0 Å². The van der Waals surface area contributed by atoms with E-state index in [4.69, 9.17) is 9.47 Å². The third-order valence-electron chi connectivity index (χ3n) is 3.45. The first kappa shape index (κ1) is 15.0. The van der Waals surface area contributed by atoms with E-state index in [1.165, 1.54) is 0 Å². The van der Waals surface area contributed by atoms with E-state index >= 15 is 0 Å². The van der Waals surface area contributed by atoms with Gasteiger partial charge in [0.1, 0.15) is 11.5 Å². The summed E-state index contributed by atoms with van der Waals surface area (Å²) in [5.41, 5.74) is 1.25. The molecule has 0 bridgehead atoms. The van der Waals surface area contributed by atoms with Crippen LogP contribution >= 0.6 is 0 Å². The van der Waals surface area contributed by atoms with Gasteiger partial charge in [-0.15, -0.1) is 0 Å². The largest absolute Gasteiger partial charge is 0.494 e. The number of benzene rings is 1. The highest BCUT2D eigenvalue weighted by Crippen LogP contribution is 2.34. The Morgan fingerprint density at radius 1 is 1.20 bits per heavy atom. The van der Waals surface area contributed by atoms with Gasteiger partial charge in [-0.25, -0.2) is 0 Å². The lowest BCUT2D eigenvalue weighted by molar-refractivity contribution is 0.323. The van der Waals surface area contributed by atoms with Crippen molar-refractivity contribution in [1.29, 1.82) is 0 Å². The third-order valence-corrected chi connectivity index (χ3v) is 3.45. The summed E-state index contributed by atoms with van der Waals surface area (Å²) in [6.45, 7) is 12.8. The number of rotatable bonds is 5. The first-order chi connectivity index (χ1) is 9.55. The molecule has 1 N–H and O–H groups in total. The van der Waals surface area contributed by atoms with Gasteiger partial charge in [0.05, 0.1) is 18.9 Å². The highest BCUT2D eigenvalue weighted by molar-refractivity contribution is 5.62. The average molecular weight is 278 g/mol. The molecule has 2 rings (SSSR count). The van der Waals surface area contributed by atoms with E-state index in [9.17, 15) is 0 Å². The van der Waals surface area contributed by atoms with Crippen LogP contribution in [0.4, 0.5) is 5.69 Å². The number of piperazine rings is 1. The number of hydrogen-bond donors (Lipinski definition) is 1. The lowest BCUT2D eigenvalue weighted by Gasteiger charge is -2.41. The predicted molar refractivity (Wildman–Crippen MR) is 83.1 cm³/mol. The monoisotopic (exact) mass is 278 g/mol. The predicted octanol–water partition coefficient (Wildman–Crippen LogP) is 2.67. The first-order valence-electron chi connectivity index (χ1n) is 7.45. The third kappa shape index (κ3) is 3.57. The molecular formula is C16H26N2O2. The Kier molecular flexibility index (Phi) is 4.76. The molecule has 1 saturated heterocycles. The van der Waals surface area contributed by atoms with Crippen LogP contribution in [-0.2, 0) is 0 Å². The Morgan fingerprint density at radius 2 is 1.95 bits per heavy atom. The van der Waals surface area contributed by atoms with E-state index in [2.05, 4.69) is 30.1 Å². The zero-order valence-electron chi connectivity index (χ0n) is 13.0. The molecule has 112 valence electrons. The molecule has 0 radical (unpaired) electrons. The van der Waals surface area contributed by atoms with Gasteiger partial charge >= 0.3 is 0 Å². The summed E-state index contributed by atoms with van der Waals surface area (Å²) in [5.74, 6) is 1.84. The molecule has 1 aromatic carbocycles. The molecule has 1 fully saturated rings. The Labute approximate surface area is 122 Å². The van der Waals surface area contributed by atoms with E-state index in [0.29, 0.717) is 13.2 Å². The molecule has 0 unspecified atom stereocenters. The van der Waals surface area contributed by atoms with Crippen LogP contribution < -0.4 is 19.7 Å². The van der Waals surface area contributed by atoms with Crippen molar-refractivity contribution in [3.05, 3.63) is 18.2 Å². The van der Waals surface area contributed by atoms with Crippen LogP contribution in [-0.4, -0.2) is 38.4 Å². The minimum Gasteiger partial charge on any atom is -0.494 e. The Morgan fingerprint density at radius 3 is 2.60 bits per heavy atom. The van der Waals surface area contributed by atoms with Gasteiger partial charge in [-0.1, -0.05) is 0 Å². The zero-order chi connectivity index (χ0) is 14.6. The first-order valence-corrected chi connectivity index (χ1v) is 7.45. The van der Waals surface area contributed by atoms with Gasteiger partial charge in [0.15, 0.2) is 0 Å². The van der Waals surface area contributed by atoms with E-state index in [1.54, 1.807) is 0 Å². The van der Waals surface area contributed by atoms with Crippen LogP contribution in [0.2, 0.25) is 0 Å². The second-order valence-electron chi connectivity index (χ2n) is 5.73. The molecule has 0 aliphatic carbocycles. The summed E-state index contributed by atoms with van der Waals surface area (Å²) in [6, 6.07) is 6.08. The van der Waals surface area contributed by atoms with Gasteiger partial charge in [0.2, 0.25) is 0 Å².